The lowest BCUT2D eigenvalue weighted by Crippen LogP contribution is -2.33. The molecule has 1 aliphatic heterocycles. The van der Waals surface area contributed by atoms with E-state index >= 15 is 0 Å². The molecule has 5 heteroatoms. The first-order valence-corrected chi connectivity index (χ1v) is 7.01. The third kappa shape index (κ3) is 3.12. The summed E-state index contributed by atoms with van der Waals surface area (Å²) in [5.41, 5.74) is 1.75. The summed E-state index contributed by atoms with van der Waals surface area (Å²) in [6, 6.07) is 3.02. The molecule has 0 bridgehead atoms. The third-order valence-electron chi connectivity index (χ3n) is 3.54. The van der Waals surface area contributed by atoms with Crippen LogP contribution in [0.3, 0.4) is 0 Å². The lowest BCUT2D eigenvalue weighted by atomic mass is 9.83. The van der Waals surface area contributed by atoms with E-state index in [9.17, 15) is 9.90 Å². The molecular formula is C15H19ClN2O2. The van der Waals surface area contributed by atoms with E-state index in [-0.39, 0.29) is 11.0 Å². The maximum absolute atomic E-state index is 11.3. The fourth-order valence-corrected chi connectivity index (χ4v) is 2.52. The summed E-state index contributed by atoms with van der Waals surface area (Å²) in [7, 11) is 0. The molecule has 0 fully saturated rings. The largest absolute Gasteiger partial charge is 0.478 e. The number of nitrogens with zero attached hydrogens (tertiary/aromatic N) is 2. The maximum atomic E-state index is 11.3. The van der Waals surface area contributed by atoms with Gasteiger partial charge in [-0.15, -0.1) is 0 Å². The molecule has 0 unspecified atom stereocenters. The van der Waals surface area contributed by atoms with Gasteiger partial charge in [0.25, 0.3) is 0 Å². The minimum Gasteiger partial charge on any atom is -0.478 e. The maximum Gasteiger partial charge on any atom is 0.339 e. The Morgan fingerprint density at radius 1 is 1.40 bits per heavy atom. The fraction of sp³-hybridized carbons (Fsp3) is 0.467. The van der Waals surface area contributed by atoms with Crippen LogP contribution in [0.2, 0.25) is 5.15 Å². The number of anilines is 1. The van der Waals surface area contributed by atoms with Crippen molar-refractivity contribution in [1.82, 2.24) is 4.98 Å². The average Bonchev–Trinajstić information content (AvgIpc) is 2.37. The van der Waals surface area contributed by atoms with Crippen molar-refractivity contribution in [3.8, 4) is 0 Å². The van der Waals surface area contributed by atoms with Crippen LogP contribution in [-0.2, 0) is 0 Å². The van der Waals surface area contributed by atoms with Crippen LogP contribution in [0.1, 0.15) is 37.6 Å². The van der Waals surface area contributed by atoms with Crippen molar-refractivity contribution >= 4 is 23.4 Å². The first-order valence-electron chi connectivity index (χ1n) is 6.63. The zero-order valence-corrected chi connectivity index (χ0v) is 12.7. The van der Waals surface area contributed by atoms with E-state index in [1.54, 1.807) is 0 Å². The second-order valence-electron chi connectivity index (χ2n) is 5.99. The monoisotopic (exact) mass is 294 g/mol. The Bertz CT molecular complexity index is 561. The Balaban J connectivity index is 2.29. The van der Waals surface area contributed by atoms with Gasteiger partial charge in [0.2, 0.25) is 0 Å². The Morgan fingerprint density at radius 2 is 2.10 bits per heavy atom. The van der Waals surface area contributed by atoms with Gasteiger partial charge < -0.3 is 10.0 Å². The molecule has 0 amide bonds. The van der Waals surface area contributed by atoms with Crippen LogP contribution in [0.15, 0.2) is 23.8 Å². The van der Waals surface area contributed by atoms with Gasteiger partial charge in [0.1, 0.15) is 16.5 Å². The van der Waals surface area contributed by atoms with Crippen molar-refractivity contribution in [1.29, 1.82) is 0 Å². The van der Waals surface area contributed by atoms with Crippen molar-refractivity contribution in [2.75, 3.05) is 18.0 Å². The lowest BCUT2D eigenvalue weighted by molar-refractivity contribution is 0.0697. The van der Waals surface area contributed by atoms with Crippen molar-refractivity contribution in [2.45, 2.75) is 27.2 Å². The molecule has 0 atom stereocenters. The van der Waals surface area contributed by atoms with Crippen molar-refractivity contribution < 1.29 is 9.90 Å². The fourth-order valence-electron chi connectivity index (χ4n) is 2.38. The topological polar surface area (TPSA) is 53.4 Å². The summed E-state index contributed by atoms with van der Waals surface area (Å²) in [5, 5.41) is 9.56. The molecule has 0 radical (unpaired) electrons. The van der Waals surface area contributed by atoms with Gasteiger partial charge in [-0.1, -0.05) is 44.0 Å². The molecule has 0 saturated heterocycles. The molecule has 20 heavy (non-hydrogen) atoms. The Morgan fingerprint density at radius 3 is 2.60 bits per heavy atom. The smallest absolute Gasteiger partial charge is 0.339 e. The number of halogens is 1. The van der Waals surface area contributed by atoms with Gasteiger partial charge >= 0.3 is 5.97 Å². The van der Waals surface area contributed by atoms with Gasteiger partial charge in [-0.25, -0.2) is 9.78 Å². The predicted molar refractivity (Wildman–Crippen MR) is 80.6 cm³/mol. The van der Waals surface area contributed by atoms with Crippen LogP contribution in [0.25, 0.3) is 0 Å². The Hall–Kier alpha value is -1.55. The first-order chi connectivity index (χ1) is 9.29. The van der Waals surface area contributed by atoms with E-state index in [0.29, 0.717) is 17.5 Å². The van der Waals surface area contributed by atoms with E-state index in [1.807, 2.05) is 4.90 Å². The number of carboxylic acid groups (broad SMARTS) is 1. The lowest BCUT2D eigenvalue weighted by Gasteiger charge is -2.33. The van der Waals surface area contributed by atoms with Gasteiger partial charge in [0, 0.05) is 13.1 Å². The van der Waals surface area contributed by atoms with Gasteiger partial charge in [-0.05, 0) is 24.0 Å². The Kier molecular flexibility index (Phi) is 4.04. The highest BCUT2D eigenvalue weighted by molar-refractivity contribution is 6.29. The number of hydrogen-bond donors (Lipinski definition) is 1. The van der Waals surface area contributed by atoms with Crippen molar-refractivity contribution in [3.63, 3.8) is 0 Å². The molecule has 4 nitrogen and oxygen atoms in total. The van der Waals surface area contributed by atoms with E-state index in [2.05, 4.69) is 31.8 Å². The number of carbonyl (C=O) groups is 1. The van der Waals surface area contributed by atoms with Gasteiger partial charge in [0.15, 0.2) is 0 Å². The summed E-state index contributed by atoms with van der Waals surface area (Å²) in [4.78, 5) is 17.4. The highest BCUT2D eigenvalue weighted by Crippen LogP contribution is 2.32. The van der Waals surface area contributed by atoms with Crippen LogP contribution < -0.4 is 4.90 Å². The highest BCUT2D eigenvalue weighted by Gasteiger charge is 2.24. The molecule has 1 aromatic heterocycles. The zero-order valence-electron chi connectivity index (χ0n) is 12.0. The zero-order chi connectivity index (χ0) is 14.9. The molecular weight excluding hydrogens is 276 g/mol. The van der Waals surface area contributed by atoms with E-state index < -0.39 is 5.97 Å². The molecule has 1 aliphatic rings. The quantitative estimate of drug-likeness (QED) is 0.668. The van der Waals surface area contributed by atoms with E-state index in [1.165, 1.54) is 17.7 Å². The third-order valence-corrected chi connectivity index (χ3v) is 3.75. The number of pyridine rings is 1. The minimum absolute atomic E-state index is 0.156. The second kappa shape index (κ2) is 5.44. The molecule has 0 saturated carbocycles. The van der Waals surface area contributed by atoms with Gasteiger partial charge in [-0.3, -0.25) is 0 Å². The molecule has 1 aromatic rings. The van der Waals surface area contributed by atoms with Gasteiger partial charge in [0.05, 0.1) is 0 Å². The van der Waals surface area contributed by atoms with Crippen LogP contribution in [-0.4, -0.2) is 29.1 Å². The predicted octanol–water partition coefficient (Wildman–Crippen LogP) is 3.62. The molecule has 1 N–H and O–H groups in total. The minimum atomic E-state index is -0.977. The van der Waals surface area contributed by atoms with Crippen molar-refractivity contribution in [3.05, 3.63) is 34.5 Å². The normalized spacial score (nSPS) is 16.0. The van der Waals surface area contributed by atoms with Crippen LogP contribution in [0.5, 0.6) is 0 Å². The molecule has 2 rings (SSSR count). The number of hydrogen-bond acceptors (Lipinski definition) is 3. The number of aromatic carboxylic acids is 1. The average molecular weight is 295 g/mol. The number of rotatable bonds is 2. The number of aromatic nitrogens is 1. The first kappa shape index (κ1) is 14.9. The summed E-state index contributed by atoms with van der Waals surface area (Å²) < 4.78 is 0. The molecule has 108 valence electrons. The van der Waals surface area contributed by atoms with Crippen LogP contribution in [0.4, 0.5) is 5.82 Å². The van der Waals surface area contributed by atoms with Crippen LogP contribution in [0, 0.1) is 5.41 Å². The molecule has 2 heterocycles. The van der Waals surface area contributed by atoms with Crippen molar-refractivity contribution in [2.24, 2.45) is 5.41 Å². The summed E-state index contributed by atoms with van der Waals surface area (Å²) in [6.07, 6.45) is 3.08. The van der Waals surface area contributed by atoms with E-state index in [4.69, 9.17) is 11.6 Å². The van der Waals surface area contributed by atoms with Gasteiger partial charge in [-0.2, -0.15) is 0 Å². The number of carboxylic acids is 1. The Labute approximate surface area is 124 Å². The molecule has 0 aromatic carbocycles. The standard InChI is InChI=1S/C15H19ClN2O2/c1-15(2,3)10-6-8-18(9-7-10)13-11(14(19)20)4-5-12(16)17-13/h4-6H,7-9H2,1-3H3,(H,19,20). The molecule has 0 spiro atoms. The summed E-state index contributed by atoms with van der Waals surface area (Å²) >= 11 is 5.90. The van der Waals surface area contributed by atoms with Crippen LogP contribution >= 0.6 is 11.6 Å². The summed E-state index contributed by atoms with van der Waals surface area (Å²) in [6.45, 7) is 8.00. The second-order valence-corrected chi connectivity index (χ2v) is 6.37. The molecule has 0 aliphatic carbocycles. The van der Waals surface area contributed by atoms with E-state index in [0.717, 1.165) is 13.0 Å². The highest BCUT2D eigenvalue weighted by atomic mass is 35.5. The summed E-state index contributed by atoms with van der Waals surface area (Å²) in [5.74, 6) is -0.524. The SMILES string of the molecule is CC(C)(C)C1=CCN(c2nc(Cl)ccc2C(=O)O)CC1.